The lowest BCUT2D eigenvalue weighted by Crippen LogP contribution is -2.09. The minimum Gasteiger partial charge on any atom is -0.494 e. The van der Waals surface area contributed by atoms with Gasteiger partial charge in [0.2, 0.25) is 17.8 Å². The van der Waals surface area contributed by atoms with Crippen LogP contribution in [0, 0.1) is 0 Å². The Morgan fingerprint density at radius 3 is 2.21 bits per heavy atom. The third-order valence-corrected chi connectivity index (χ3v) is 4.68. The lowest BCUT2D eigenvalue weighted by molar-refractivity contribution is 0.340. The molecular formula is C24H26N6O4. The second kappa shape index (κ2) is 10.9. The Hall–Kier alpha value is -4.47. The molecule has 0 atom stereocenters. The zero-order chi connectivity index (χ0) is 23.8. The number of anilines is 5. The molecule has 2 heterocycles. The maximum Gasteiger partial charge on any atom is 0.233 e. The third-order valence-electron chi connectivity index (χ3n) is 4.68. The van der Waals surface area contributed by atoms with Crippen molar-refractivity contribution >= 4 is 29.2 Å². The maximum atomic E-state index is 5.58. The summed E-state index contributed by atoms with van der Waals surface area (Å²) in [6, 6.07) is 16.7. The fourth-order valence-corrected chi connectivity index (χ4v) is 3.15. The van der Waals surface area contributed by atoms with Crippen molar-refractivity contribution in [1.82, 2.24) is 15.0 Å². The molecule has 2 aromatic heterocycles. The number of benzene rings is 2. The molecule has 3 N–H and O–H groups in total. The normalized spacial score (nSPS) is 10.4. The first-order valence-electron chi connectivity index (χ1n) is 10.7. The summed E-state index contributed by atoms with van der Waals surface area (Å²) in [7, 11) is 3.17. The van der Waals surface area contributed by atoms with E-state index in [-0.39, 0.29) is 0 Å². The van der Waals surface area contributed by atoms with Crippen LogP contribution >= 0.6 is 0 Å². The predicted octanol–water partition coefficient (Wildman–Crippen LogP) is 4.98. The lowest BCUT2D eigenvalue weighted by Gasteiger charge is -2.13. The van der Waals surface area contributed by atoms with Gasteiger partial charge >= 0.3 is 0 Å². The Morgan fingerprint density at radius 2 is 1.53 bits per heavy atom. The van der Waals surface area contributed by atoms with E-state index >= 15 is 0 Å². The van der Waals surface area contributed by atoms with E-state index in [1.54, 1.807) is 32.6 Å². The molecule has 0 fully saturated rings. The topological polar surface area (TPSA) is 116 Å². The number of methoxy groups -OCH3 is 2. The fraction of sp³-hybridized carbons (Fsp3) is 0.208. The molecule has 0 aliphatic heterocycles. The number of nitrogens with zero attached hydrogens (tertiary/aromatic N) is 3. The van der Waals surface area contributed by atoms with Gasteiger partial charge in [-0.2, -0.15) is 15.0 Å². The molecule has 0 radical (unpaired) electrons. The van der Waals surface area contributed by atoms with Crippen LogP contribution in [0.15, 0.2) is 65.3 Å². The van der Waals surface area contributed by atoms with Crippen LogP contribution in [-0.2, 0) is 6.54 Å². The largest absolute Gasteiger partial charge is 0.494 e. The summed E-state index contributed by atoms with van der Waals surface area (Å²) >= 11 is 0. The van der Waals surface area contributed by atoms with Crippen molar-refractivity contribution in [3.05, 3.63) is 66.6 Å². The summed E-state index contributed by atoms with van der Waals surface area (Å²) in [6.45, 7) is 2.94. The van der Waals surface area contributed by atoms with Gasteiger partial charge < -0.3 is 34.6 Å². The molecule has 34 heavy (non-hydrogen) atoms. The highest BCUT2D eigenvalue weighted by atomic mass is 16.5. The average Bonchev–Trinajstić information content (AvgIpc) is 3.37. The Balaban J connectivity index is 1.60. The number of furan rings is 1. The summed E-state index contributed by atoms with van der Waals surface area (Å²) in [5, 5.41) is 9.57. The van der Waals surface area contributed by atoms with Crippen molar-refractivity contribution in [2.75, 3.05) is 36.8 Å². The van der Waals surface area contributed by atoms with Gasteiger partial charge in [0.05, 0.1) is 33.6 Å². The van der Waals surface area contributed by atoms with Gasteiger partial charge in [-0.25, -0.2) is 0 Å². The van der Waals surface area contributed by atoms with E-state index in [9.17, 15) is 0 Å². The summed E-state index contributed by atoms with van der Waals surface area (Å²) in [4.78, 5) is 13.5. The molecule has 10 heteroatoms. The molecular weight excluding hydrogens is 436 g/mol. The van der Waals surface area contributed by atoms with Gasteiger partial charge in [0, 0.05) is 23.5 Å². The van der Waals surface area contributed by atoms with Crippen molar-refractivity contribution in [2.45, 2.75) is 13.5 Å². The van der Waals surface area contributed by atoms with Crippen LogP contribution in [0.5, 0.6) is 17.2 Å². The lowest BCUT2D eigenvalue weighted by atomic mass is 10.3. The first-order chi connectivity index (χ1) is 16.7. The highest BCUT2D eigenvalue weighted by Gasteiger charge is 2.11. The number of nitrogens with one attached hydrogen (secondary N) is 3. The average molecular weight is 463 g/mol. The molecule has 0 aliphatic rings. The van der Waals surface area contributed by atoms with E-state index in [1.807, 2.05) is 49.4 Å². The van der Waals surface area contributed by atoms with Gasteiger partial charge in [0.25, 0.3) is 0 Å². The van der Waals surface area contributed by atoms with E-state index in [4.69, 9.17) is 18.6 Å². The van der Waals surface area contributed by atoms with Crippen LogP contribution < -0.4 is 30.2 Å². The highest BCUT2D eigenvalue weighted by Crippen LogP contribution is 2.31. The van der Waals surface area contributed by atoms with E-state index in [0.29, 0.717) is 42.5 Å². The molecule has 0 unspecified atom stereocenters. The van der Waals surface area contributed by atoms with Crippen LogP contribution in [0.2, 0.25) is 0 Å². The molecule has 0 aliphatic carbocycles. The highest BCUT2D eigenvalue weighted by molar-refractivity contribution is 5.62. The van der Waals surface area contributed by atoms with E-state index < -0.39 is 0 Å². The van der Waals surface area contributed by atoms with Crippen molar-refractivity contribution < 1.29 is 18.6 Å². The van der Waals surface area contributed by atoms with Gasteiger partial charge in [0.1, 0.15) is 11.5 Å². The Kier molecular flexibility index (Phi) is 7.28. The van der Waals surface area contributed by atoms with E-state index in [0.717, 1.165) is 22.9 Å². The van der Waals surface area contributed by atoms with Gasteiger partial charge in [-0.15, -0.1) is 0 Å². The number of rotatable bonds is 11. The van der Waals surface area contributed by atoms with E-state index in [1.165, 1.54) is 0 Å². The zero-order valence-electron chi connectivity index (χ0n) is 19.2. The second-order valence-electron chi connectivity index (χ2n) is 7.02. The standard InChI is InChI=1S/C24H26N6O4/c1-4-33-18-8-5-7-16(13-18)26-23-28-22(25-15-19-9-6-12-34-19)29-24(30-23)27-17-10-11-20(31-2)21(14-17)32-3/h5-14H,4,15H2,1-3H3,(H3,25,26,27,28,29,30). The minimum absolute atomic E-state index is 0.340. The number of hydrogen-bond donors (Lipinski definition) is 3. The molecule has 0 saturated heterocycles. The fourth-order valence-electron chi connectivity index (χ4n) is 3.15. The summed E-state index contributed by atoms with van der Waals surface area (Å²) in [5.41, 5.74) is 1.51. The molecule has 0 spiro atoms. The Bertz CT molecular complexity index is 1220. The third kappa shape index (κ3) is 5.85. The van der Waals surface area contributed by atoms with Crippen molar-refractivity contribution in [3.63, 3.8) is 0 Å². The molecule has 0 bridgehead atoms. The molecule has 10 nitrogen and oxygen atoms in total. The van der Waals surface area contributed by atoms with Gasteiger partial charge in [0.15, 0.2) is 11.5 Å². The molecule has 0 amide bonds. The summed E-state index contributed by atoms with van der Waals surface area (Å²) in [6.07, 6.45) is 1.62. The molecule has 4 aromatic rings. The van der Waals surface area contributed by atoms with Crippen LogP contribution in [0.3, 0.4) is 0 Å². The zero-order valence-corrected chi connectivity index (χ0v) is 19.2. The molecule has 2 aromatic carbocycles. The van der Waals surface area contributed by atoms with Crippen molar-refractivity contribution in [2.24, 2.45) is 0 Å². The predicted molar refractivity (Wildman–Crippen MR) is 130 cm³/mol. The van der Waals surface area contributed by atoms with Gasteiger partial charge in [-0.3, -0.25) is 0 Å². The smallest absolute Gasteiger partial charge is 0.233 e. The summed E-state index contributed by atoms with van der Waals surface area (Å²) in [5.74, 6) is 3.79. The molecule has 0 saturated carbocycles. The monoisotopic (exact) mass is 462 g/mol. The van der Waals surface area contributed by atoms with E-state index in [2.05, 4.69) is 30.9 Å². The van der Waals surface area contributed by atoms with Crippen LogP contribution in [0.1, 0.15) is 12.7 Å². The Labute approximate surface area is 197 Å². The number of ether oxygens (including phenoxy) is 3. The van der Waals surface area contributed by atoms with Gasteiger partial charge in [-0.05, 0) is 43.3 Å². The second-order valence-corrected chi connectivity index (χ2v) is 7.02. The van der Waals surface area contributed by atoms with Crippen LogP contribution in [0.25, 0.3) is 0 Å². The van der Waals surface area contributed by atoms with Gasteiger partial charge in [-0.1, -0.05) is 6.07 Å². The SMILES string of the molecule is CCOc1cccc(Nc2nc(NCc3ccco3)nc(Nc3ccc(OC)c(OC)c3)n2)c1. The number of hydrogen-bond acceptors (Lipinski definition) is 10. The summed E-state index contributed by atoms with van der Waals surface area (Å²) < 4.78 is 21.7. The minimum atomic E-state index is 0.340. The van der Waals surface area contributed by atoms with Crippen molar-refractivity contribution in [3.8, 4) is 17.2 Å². The van der Waals surface area contributed by atoms with Crippen molar-refractivity contribution in [1.29, 1.82) is 0 Å². The first-order valence-corrected chi connectivity index (χ1v) is 10.7. The maximum absolute atomic E-state index is 5.58. The quantitative estimate of drug-likeness (QED) is 0.282. The molecule has 4 rings (SSSR count). The number of aromatic nitrogens is 3. The Morgan fingerprint density at radius 1 is 0.794 bits per heavy atom. The van der Waals surface area contributed by atoms with Crippen LogP contribution in [0.4, 0.5) is 29.2 Å². The van der Waals surface area contributed by atoms with Crippen LogP contribution in [-0.4, -0.2) is 35.8 Å². The first kappa shape index (κ1) is 22.7. The molecule has 176 valence electrons.